The fourth-order valence-corrected chi connectivity index (χ4v) is 1.73. The van der Waals surface area contributed by atoms with Crippen molar-refractivity contribution in [3.63, 3.8) is 0 Å². The van der Waals surface area contributed by atoms with Crippen molar-refractivity contribution < 1.29 is 5.11 Å². The molecule has 0 radical (unpaired) electrons. The summed E-state index contributed by atoms with van der Waals surface area (Å²) >= 11 is 0. The SMILES string of the molecule is CCCC(C)Nc1ccc(N(C)CCO)cn1. The molecule has 1 unspecified atom stereocenters. The van der Waals surface area contributed by atoms with Crippen molar-refractivity contribution in [3.05, 3.63) is 18.3 Å². The topological polar surface area (TPSA) is 48.4 Å². The summed E-state index contributed by atoms with van der Waals surface area (Å²) in [4.78, 5) is 6.35. The first-order chi connectivity index (χ1) is 8.17. The van der Waals surface area contributed by atoms with Crippen LogP contribution in [0.5, 0.6) is 0 Å². The molecule has 1 aromatic heterocycles. The standard InChI is InChI=1S/C13H23N3O/c1-4-5-11(2)15-13-7-6-12(10-14-13)16(3)8-9-17/h6-7,10-11,17H,4-5,8-9H2,1-3H3,(H,14,15). The van der Waals surface area contributed by atoms with Gasteiger partial charge in [-0.1, -0.05) is 13.3 Å². The third-order valence-electron chi connectivity index (χ3n) is 2.74. The predicted molar refractivity (Wildman–Crippen MR) is 72.6 cm³/mol. The molecule has 0 saturated heterocycles. The highest BCUT2D eigenvalue weighted by molar-refractivity contribution is 5.49. The fourth-order valence-electron chi connectivity index (χ4n) is 1.73. The molecule has 1 rings (SSSR count). The molecule has 0 spiro atoms. The molecule has 17 heavy (non-hydrogen) atoms. The molecule has 1 aromatic rings. The van der Waals surface area contributed by atoms with Crippen LogP contribution in [0.2, 0.25) is 0 Å². The Morgan fingerprint density at radius 3 is 2.76 bits per heavy atom. The smallest absolute Gasteiger partial charge is 0.126 e. The summed E-state index contributed by atoms with van der Waals surface area (Å²) in [7, 11) is 1.94. The van der Waals surface area contributed by atoms with Gasteiger partial charge in [-0.15, -0.1) is 0 Å². The molecule has 4 heteroatoms. The molecule has 96 valence electrons. The molecule has 0 aliphatic carbocycles. The molecule has 0 aliphatic rings. The van der Waals surface area contributed by atoms with Gasteiger partial charge in [0.05, 0.1) is 18.5 Å². The zero-order chi connectivity index (χ0) is 12.7. The van der Waals surface area contributed by atoms with Crippen molar-refractivity contribution >= 4 is 11.5 Å². The Bertz CT molecular complexity index is 313. The Labute approximate surface area is 104 Å². The maximum Gasteiger partial charge on any atom is 0.126 e. The molecule has 1 heterocycles. The number of hydrogen-bond acceptors (Lipinski definition) is 4. The lowest BCUT2D eigenvalue weighted by atomic mass is 10.2. The van der Waals surface area contributed by atoms with Gasteiger partial charge in [-0.05, 0) is 25.5 Å². The third-order valence-corrected chi connectivity index (χ3v) is 2.74. The van der Waals surface area contributed by atoms with E-state index in [0.717, 1.165) is 17.9 Å². The largest absolute Gasteiger partial charge is 0.395 e. The van der Waals surface area contributed by atoms with Crippen molar-refractivity contribution in [1.29, 1.82) is 0 Å². The number of likely N-dealkylation sites (N-methyl/N-ethyl adjacent to an activating group) is 1. The minimum Gasteiger partial charge on any atom is -0.395 e. The summed E-state index contributed by atoms with van der Waals surface area (Å²) in [5.41, 5.74) is 1.02. The summed E-state index contributed by atoms with van der Waals surface area (Å²) in [5, 5.41) is 12.2. The number of aliphatic hydroxyl groups is 1. The summed E-state index contributed by atoms with van der Waals surface area (Å²) in [5.74, 6) is 0.909. The lowest BCUT2D eigenvalue weighted by molar-refractivity contribution is 0.304. The van der Waals surface area contributed by atoms with E-state index in [1.165, 1.54) is 6.42 Å². The van der Waals surface area contributed by atoms with Gasteiger partial charge in [0.1, 0.15) is 5.82 Å². The first-order valence-electron chi connectivity index (χ1n) is 6.22. The van der Waals surface area contributed by atoms with Gasteiger partial charge in [0.15, 0.2) is 0 Å². The van der Waals surface area contributed by atoms with E-state index in [-0.39, 0.29) is 6.61 Å². The number of hydrogen-bond donors (Lipinski definition) is 2. The van der Waals surface area contributed by atoms with Gasteiger partial charge in [0.25, 0.3) is 0 Å². The zero-order valence-electron chi connectivity index (χ0n) is 11.0. The predicted octanol–water partition coefficient (Wildman–Crippen LogP) is 2.11. The molecular weight excluding hydrogens is 214 g/mol. The number of rotatable bonds is 7. The molecule has 0 aromatic carbocycles. The Hall–Kier alpha value is -1.29. The van der Waals surface area contributed by atoms with Crippen LogP contribution in [0.3, 0.4) is 0 Å². The highest BCUT2D eigenvalue weighted by Crippen LogP contribution is 2.14. The van der Waals surface area contributed by atoms with Crippen molar-refractivity contribution in [3.8, 4) is 0 Å². The highest BCUT2D eigenvalue weighted by Gasteiger charge is 2.03. The van der Waals surface area contributed by atoms with Gasteiger partial charge >= 0.3 is 0 Å². The van der Waals surface area contributed by atoms with Crippen molar-refractivity contribution in [2.24, 2.45) is 0 Å². The number of nitrogens with zero attached hydrogens (tertiary/aromatic N) is 2. The van der Waals surface area contributed by atoms with Crippen LogP contribution < -0.4 is 10.2 Å². The molecule has 0 aliphatic heterocycles. The maximum atomic E-state index is 8.86. The maximum absolute atomic E-state index is 8.86. The van der Waals surface area contributed by atoms with Gasteiger partial charge in [-0.3, -0.25) is 0 Å². The van der Waals surface area contributed by atoms with Crippen molar-refractivity contribution in [2.45, 2.75) is 32.7 Å². The molecule has 0 fully saturated rings. The van der Waals surface area contributed by atoms with E-state index >= 15 is 0 Å². The second-order valence-electron chi connectivity index (χ2n) is 4.38. The lowest BCUT2D eigenvalue weighted by Gasteiger charge is -2.18. The van der Waals surface area contributed by atoms with E-state index in [9.17, 15) is 0 Å². The molecule has 2 N–H and O–H groups in total. The van der Waals surface area contributed by atoms with E-state index in [1.54, 1.807) is 0 Å². The van der Waals surface area contributed by atoms with Gasteiger partial charge in [-0.25, -0.2) is 4.98 Å². The molecule has 0 amide bonds. The van der Waals surface area contributed by atoms with Crippen LogP contribution in [-0.4, -0.2) is 36.3 Å². The first kappa shape index (κ1) is 13.8. The molecule has 0 saturated carbocycles. The third kappa shape index (κ3) is 4.61. The van der Waals surface area contributed by atoms with Crippen LogP contribution in [0, 0.1) is 0 Å². The minimum absolute atomic E-state index is 0.157. The zero-order valence-corrected chi connectivity index (χ0v) is 11.0. The average Bonchev–Trinajstić information content (AvgIpc) is 2.30. The first-order valence-corrected chi connectivity index (χ1v) is 6.22. The molecular formula is C13H23N3O. The Balaban J connectivity index is 2.55. The van der Waals surface area contributed by atoms with Gasteiger partial charge in [0, 0.05) is 19.6 Å². The number of nitrogens with one attached hydrogen (secondary N) is 1. The van der Waals surface area contributed by atoms with Gasteiger partial charge in [0.2, 0.25) is 0 Å². The quantitative estimate of drug-likeness (QED) is 0.762. The summed E-state index contributed by atoms with van der Waals surface area (Å²) in [6, 6.07) is 4.45. The number of aliphatic hydroxyl groups excluding tert-OH is 1. The van der Waals surface area contributed by atoms with Crippen molar-refractivity contribution in [2.75, 3.05) is 30.4 Å². The average molecular weight is 237 g/mol. The molecule has 1 atom stereocenters. The van der Waals surface area contributed by atoms with E-state index in [2.05, 4.69) is 24.1 Å². The van der Waals surface area contributed by atoms with Crippen LogP contribution in [0.4, 0.5) is 11.5 Å². The van der Waals surface area contributed by atoms with Crippen LogP contribution in [0.25, 0.3) is 0 Å². The van der Waals surface area contributed by atoms with Gasteiger partial charge in [-0.2, -0.15) is 0 Å². The second-order valence-corrected chi connectivity index (χ2v) is 4.38. The van der Waals surface area contributed by atoms with Crippen LogP contribution >= 0.6 is 0 Å². The number of aromatic nitrogens is 1. The Morgan fingerprint density at radius 2 is 2.24 bits per heavy atom. The minimum atomic E-state index is 0.157. The van der Waals surface area contributed by atoms with Crippen molar-refractivity contribution in [1.82, 2.24) is 4.98 Å². The van der Waals surface area contributed by atoms with E-state index in [4.69, 9.17) is 5.11 Å². The lowest BCUT2D eigenvalue weighted by Crippen LogP contribution is -2.21. The van der Waals surface area contributed by atoms with E-state index < -0.39 is 0 Å². The van der Waals surface area contributed by atoms with Crippen LogP contribution in [0.15, 0.2) is 18.3 Å². The van der Waals surface area contributed by atoms with E-state index in [1.807, 2.05) is 30.3 Å². The van der Waals surface area contributed by atoms with Crippen LogP contribution in [0.1, 0.15) is 26.7 Å². The van der Waals surface area contributed by atoms with Crippen LogP contribution in [-0.2, 0) is 0 Å². The Morgan fingerprint density at radius 1 is 1.47 bits per heavy atom. The number of anilines is 2. The second kappa shape index (κ2) is 7.12. The van der Waals surface area contributed by atoms with E-state index in [0.29, 0.717) is 12.6 Å². The summed E-state index contributed by atoms with van der Waals surface area (Å²) < 4.78 is 0. The fraction of sp³-hybridized carbons (Fsp3) is 0.615. The normalized spacial score (nSPS) is 12.2. The molecule has 0 bridgehead atoms. The highest BCUT2D eigenvalue weighted by atomic mass is 16.3. The number of pyridine rings is 1. The monoisotopic (exact) mass is 237 g/mol. The summed E-state index contributed by atoms with van der Waals surface area (Å²) in [6.45, 7) is 5.13. The molecule has 4 nitrogen and oxygen atoms in total. The van der Waals surface area contributed by atoms with Gasteiger partial charge < -0.3 is 15.3 Å². The summed E-state index contributed by atoms with van der Waals surface area (Å²) in [6.07, 6.45) is 4.15. The Kier molecular flexibility index (Phi) is 5.77.